The fourth-order valence-corrected chi connectivity index (χ4v) is 3.74. The average molecular weight is 425 g/mol. The summed E-state index contributed by atoms with van der Waals surface area (Å²) in [4.78, 5) is 33.7. The molecule has 9 heteroatoms. The number of halogens is 2. The Morgan fingerprint density at radius 1 is 1.30 bits per heavy atom. The van der Waals surface area contributed by atoms with Crippen LogP contribution in [0.2, 0.25) is 10.0 Å². The van der Waals surface area contributed by atoms with Crippen molar-refractivity contribution in [1.29, 1.82) is 0 Å². The largest absolute Gasteiger partial charge is 0.325 e. The minimum Gasteiger partial charge on any atom is -0.325 e. The Morgan fingerprint density at radius 3 is 2.85 bits per heavy atom. The van der Waals surface area contributed by atoms with Crippen LogP contribution < -0.4 is 10.9 Å². The number of aromatic amines is 1. The number of nitrogens with one attached hydrogen (secondary N) is 2. The number of aromatic nitrogens is 2. The van der Waals surface area contributed by atoms with Gasteiger partial charge in [-0.25, -0.2) is 4.98 Å². The molecule has 2 N–H and O–H groups in total. The molecule has 6 nitrogen and oxygen atoms in total. The molecule has 0 atom stereocenters. The Bertz CT molecular complexity index is 1020. The molecule has 142 valence electrons. The highest BCUT2D eigenvalue weighted by Crippen LogP contribution is 2.25. The second-order valence-electron chi connectivity index (χ2n) is 6.04. The standard InChI is InChI=1S/C18H18Cl2N4O2S/c1-2-6-24(9-15-22-14-5-7-27-17(14)18(26)23-15)10-16(25)21-11-3-4-12(19)13(20)8-11/h3-5,7-8H,2,6,9-10H2,1H3,(H,21,25)(H,22,23,26). The number of hydrogen-bond acceptors (Lipinski definition) is 5. The van der Waals surface area contributed by atoms with Gasteiger partial charge >= 0.3 is 0 Å². The molecule has 0 saturated carbocycles. The van der Waals surface area contributed by atoms with Crippen LogP contribution in [0, 0.1) is 0 Å². The molecule has 0 fully saturated rings. The van der Waals surface area contributed by atoms with Crippen molar-refractivity contribution in [3.05, 3.63) is 55.9 Å². The lowest BCUT2D eigenvalue weighted by atomic mass is 10.3. The molecule has 0 saturated heterocycles. The lowest BCUT2D eigenvalue weighted by Gasteiger charge is -2.20. The zero-order valence-electron chi connectivity index (χ0n) is 14.6. The Kier molecular flexibility index (Phi) is 6.49. The minimum atomic E-state index is -0.180. The van der Waals surface area contributed by atoms with Gasteiger partial charge in [0, 0.05) is 5.69 Å². The lowest BCUT2D eigenvalue weighted by Crippen LogP contribution is -2.34. The van der Waals surface area contributed by atoms with E-state index in [0.717, 1.165) is 6.42 Å². The van der Waals surface area contributed by atoms with E-state index in [9.17, 15) is 9.59 Å². The highest BCUT2D eigenvalue weighted by molar-refractivity contribution is 7.17. The van der Waals surface area contributed by atoms with Crippen LogP contribution in [0.5, 0.6) is 0 Å². The van der Waals surface area contributed by atoms with E-state index in [2.05, 4.69) is 15.3 Å². The number of anilines is 1. The van der Waals surface area contributed by atoms with Crippen LogP contribution in [0.4, 0.5) is 5.69 Å². The van der Waals surface area contributed by atoms with E-state index < -0.39 is 0 Å². The molecule has 0 aliphatic heterocycles. The first kappa shape index (κ1) is 19.8. The maximum absolute atomic E-state index is 12.4. The van der Waals surface area contributed by atoms with Crippen molar-refractivity contribution < 1.29 is 4.79 Å². The van der Waals surface area contributed by atoms with Crippen LogP contribution >= 0.6 is 34.5 Å². The van der Waals surface area contributed by atoms with E-state index in [1.165, 1.54) is 11.3 Å². The summed E-state index contributed by atoms with van der Waals surface area (Å²) in [5, 5.41) is 5.46. The number of thiophene rings is 1. The van der Waals surface area contributed by atoms with E-state index in [0.29, 0.717) is 44.9 Å². The van der Waals surface area contributed by atoms with Crippen LogP contribution in [0.25, 0.3) is 10.2 Å². The van der Waals surface area contributed by atoms with Crippen molar-refractivity contribution in [1.82, 2.24) is 14.9 Å². The molecule has 0 aliphatic rings. The van der Waals surface area contributed by atoms with Crippen molar-refractivity contribution in [2.24, 2.45) is 0 Å². The van der Waals surface area contributed by atoms with Gasteiger partial charge in [-0.1, -0.05) is 30.1 Å². The third-order valence-electron chi connectivity index (χ3n) is 3.85. The molecule has 3 rings (SSSR count). The van der Waals surface area contributed by atoms with Gasteiger partial charge in [0.1, 0.15) is 10.5 Å². The quantitative estimate of drug-likeness (QED) is 0.597. The van der Waals surface area contributed by atoms with E-state index in [-0.39, 0.29) is 18.0 Å². The highest BCUT2D eigenvalue weighted by Gasteiger charge is 2.14. The fraction of sp³-hybridized carbons (Fsp3) is 0.278. The summed E-state index contributed by atoms with van der Waals surface area (Å²) in [6, 6.07) is 6.75. The molecule has 0 aliphatic carbocycles. The average Bonchev–Trinajstić information content (AvgIpc) is 3.07. The van der Waals surface area contributed by atoms with Gasteiger partial charge in [-0.3, -0.25) is 14.5 Å². The van der Waals surface area contributed by atoms with Gasteiger partial charge in [-0.2, -0.15) is 0 Å². The van der Waals surface area contributed by atoms with Gasteiger partial charge in [0.05, 0.1) is 28.7 Å². The van der Waals surface area contributed by atoms with Crippen LogP contribution in [0.3, 0.4) is 0 Å². The zero-order valence-corrected chi connectivity index (χ0v) is 16.9. The molecule has 2 aromatic heterocycles. The topological polar surface area (TPSA) is 78.1 Å². The number of amides is 1. The minimum absolute atomic E-state index is 0.151. The number of nitrogens with zero attached hydrogens (tertiary/aromatic N) is 2. The summed E-state index contributed by atoms with van der Waals surface area (Å²) in [6.07, 6.45) is 0.866. The number of fused-ring (bicyclic) bond motifs is 1. The second-order valence-corrected chi connectivity index (χ2v) is 7.77. The molecule has 0 radical (unpaired) electrons. The summed E-state index contributed by atoms with van der Waals surface area (Å²) in [6.45, 7) is 3.27. The van der Waals surface area contributed by atoms with Gasteiger partial charge in [0.2, 0.25) is 5.91 Å². The Balaban J connectivity index is 1.69. The van der Waals surface area contributed by atoms with E-state index in [1.807, 2.05) is 23.3 Å². The number of rotatable bonds is 7. The third kappa shape index (κ3) is 5.07. The maximum Gasteiger partial charge on any atom is 0.268 e. The molecule has 1 aromatic carbocycles. The third-order valence-corrected chi connectivity index (χ3v) is 5.49. The molecule has 0 unspecified atom stereocenters. The Labute approximate surface area is 170 Å². The van der Waals surface area contributed by atoms with Gasteiger partial charge in [0.25, 0.3) is 5.56 Å². The molecule has 0 bridgehead atoms. The molecular formula is C18H18Cl2N4O2S. The monoisotopic (exact) mass is 424 g/mol. The molecule has 2 heterocycles. The predicted octanol–water partition coefficient (Wildman–Crippen LogP) is 4.14. The van der Waals surface area contributed by atoms with Gasteiger partial charge in [-0.15, -0.1) is 11.3 Å². The lowest BCUT2D eigenvalue weighted by molar-refractivity contribution is -0.117. The summed E-state index contributed by atoms with van der Waals surface area (Å²) in [7, 11) is 0. The van der Waals surface area contributed by atoms with Gasteiger partial charge in [-0.05, 0) is 42.6 Å². The Morgan fingerprint density at radius 2 is 2.11 bits per heavy atom. The van der Waals surface area contributed by atoms with Crippen molar-refractivity contribution in [3.8, 4) is 0 Å². The zero-order chi connectivity index (χ0) is 19.4. The number of H-pyrrole nitrogens is 1. The first-order chi connectivity index (χ1) is 13.0. The molecular weight excluding hydrogens is 407 g/mol. The van der Waals surface area contributed by atoms with Crippen molar-refractivity contribution in [3.63, 3.8) is 0 Å². The SMILES string of the molecule is CCCN(CC(=O)Nc1ccc(Cl)c(Cl)c1)Cc1nc2ccsc2c(=O)[nH]1. The smallest absolute Gasteiger partial charge is 0.268 e. The van der Waals surface area contributed by atoms with Gasteiger partial charge in [0.15, 0.2) is 0 Å². The summed E-state index contributed by atoms with van der Waals surface area (Å²) in [5.74, 6) is 0.363. The van der Waals surface area contributed by atoms with Crippen molar-refractivity contribution in [2.45, 2.75) is 19.9 Å². The fourth-order valence-electron chi connectivity index (χ4n) is 2.72. The van der Waals surface area contributed by atoms with Crippen LogP contribution in [-0.2, 0) is 11.3 Å². The number of benzene rings is 1. The van der Waals surface area contributed by atoms with Crippen LogP contribution in [-0.4, -0.2) is 33.9 Å². The normalized spacial score (nSPS) is 11.3. The second kappa shape index (κ2) is 8.84. The van der Waals surface area contributed by atoms with Crippen LogP contribution in [0.1, 0.15) is 19.2 Å². The summed E-state index contributed by atoms with van der Waals surface area (Å²) in [5.41, 5.74) is 1.11. The first-order valence-corrected chi connectivity index (χ1v) is 10.0. The summed E-state index contributed by atoms with van der Waals surface area (Å²) < 4.78 is 0.609. The number of carbonyl (C=O) groups excluding carboxylic acids is 1. The number of carbonyl (C=O) groups is 1. The highest BCUT2D eigenvalue weighted by atomic mass is 35.5. The van der Waals surface area contributed by atoms with Crippen molar-refractivity contribution >= 4 is 56.3 Å². The Hall–Kier alpha value is -1.93. The van der Waals surface area contributed by atoms with Gasteiger partial charge < -0.3 is 10.3 Å². The molecule has 0 spiro atoms. The maximum atomic E-state index is 12.4. The van der Waals surface area contributed by atoms with E-state index in [1.54, 1.807) is 18.2 Å². The first-order valence-electron chi connectivity index (χ1n) is 8.40. The molecule has 27 heavy (non-hydrogen) atoms. The summed E-state index contributed by atoms with van der Waals surface area (Å²) >= 11 is 13.2. The van der Waals surface area contributed by atoms with E-state index in [4.69, 9.17) is 23.2 Å². The predicted molar refractivity (Wildman–Crippen MR) is 111 cm³/mol. The van der Waals surface area contributed by atoms with E-state index >= 15 is 0 Å². The van der Waals surface area contributed by atoms with Crippen LogP contribution in [0.15, 0.2) is 34.4 Å². The molecule has 3 aromatic rings. The van der Waals surface area contributed by atoms with Crippen molar-refractivity contribution in [2.75, 3.05) is 18.4 Å². The molecule has 1 amide bonds. The number of hydrogen-bond donors (Lipinski definition) is 2.